The Morgan fingerprint density at radius 2 is 1.75 bits per heavy atom. The first kappa shape index (κ1) is 24.1. The van der Waals surface area contributed by atoms with Gasteiger partial charge in [-0.1, -0.05) is 58.9 Å². The van der Waals surface area contributed by atoms with E-state index >= 15 is 0 Å². The Hall–Kier alpha value is -1.02. The molecular formula is C27H36INO3. The molecule has 2 aromatic rings. The molecule has 5 heteroatoms. The van der Waals surface area contributed by atoms with Crippen molar-refractivity contribution in [1.29, 1.82) is 0 Å². The molecule has 0 spiro atoms. The molecule has 2 atom stereocenters. The van der Waals surface area contributed by atoms with Gasteiger partial charge >= 0.3 is 0 Å². The van der Waals surface area contributed by atoms with Crippen molar-refractivity contribution in [3.8, 4) is 0 Å². The van der Waals surface area contributed by atoms with Crippen LogP contribution in [0.3, 0.4) is 0 Å². The minimum Gasteiger partial charge on any atom is -0.388 e. The van der Waals surface area contributed by atoms with Crippen molar-refractivity contribution >= 4 is 22.6 Å². The highest BCUT2D eigenvalue weighted by atomic mass is 127. The molecule has 4 rings (SSSR count). The molecule has 174 valence electrons. The van der Waals surface area contributed by atoms with Crippen LogP contribution in [-0.2, 0) is 16.6 Å². The lowest BCUT2D eigenvalue weighted by Crippen LogP contribution is -2.30. The molecule has 0 radical (unpaired) electrons. The van der Waals surface area contributed by atoms with E-state index in [2.05, 4.69) is 69.3 Å². The van der Waals surface area contributed by atoms with Crippen LogP contribution in [0.1, 0.15) is 106 Å². The van der Waals surface area contributed by atoms with Crippen molar-refractivity contribution in [3.05, 3.63) is 61.5 Å². The van der Waals surface area contributed by atoms with E-state index in [4.69, 9.17) is 9.72 Å². The molecule has 0 bridgehead atoms. The van der Waals surface area contributed by atoms with E-state index in [0.29, 0.717) is 6.42 Å². The van der Waals surface area contributed by atoms with E-state index < -0.39 is 12.2 Å². The molecule has 0 saturated carbocycles. The third kappa shape index (κ3) is 4.77. The van der Waals surface area contributed by atoms with Gasteiger partial charge in [-0.15, -0.1) is 0 Å². The summed E-state index contributed by atoms with van der Waals surface area (Å²) in [6.07, 6.45) is 2.07. The van der Waals surface area contributed by atoms with Crippen LogP contribution in [0.15, 0.2) is 24.3 Å². The molecule has 2 heterocycles. The number of halogens is 1. The Morgan fingerprint density at radius 1 is 1.12 bits per heavy atom. The molecule has 1 aromatic carbocycles. The molecule has 4 nitrogen and oxygen atoms in total. The van der Waals surface area contributed by atoms with E-state index in [-0.39, 0.29) is 16.7 Å². The Labute approximate surface area is 205 Å². The Kier molecular flexibility index (Phi) is 6.76. The first-order valence-corrected chi connectivity index (χ1v) is 12.8. The van der Waals surface area contributed by atoms with Gasteiger partial charge in [0, 0.05) is 39.5 Å². The number of nitrogens with zero attached hydrogens (tertiary/aromatic N) is 1. The van der Waals surface area contributed by atoms with Crippen LogP contribution in [-0.4, -0.2) is 28.4 Å². The van der Waals surface area contributed by atoms with Crippen LogP contribution in [0.4, 0.5) is 0 Å². The van der Waals surface area contributed by atoms with E-state index in [0.717, 1.165) is 64.1 Å². The number of hydrogen-bond acceptors (Lipinski definition) is 4. The second-order valence-corrected chi connectivity index (χ2v) is 12.4. The summed E-state index contributed by atoms with van der Waals surface area (Å²) in [5.41, 5.74) is 5.98. The van der Waals surface area contributed by atoms with Crippen LogP contribution in [0.5, 0.6) is 0 Å². The maximum Gasteiger partial charge on any atom is 0.107 e. The highest BCUT2D eigenvalue weighted by molar-refractivity contribution is 14.1. The zero-order valence-corrected chi connectivity index (χ0v) is 22.1. The van der Waals surface area contributed by atoms with Crippen molar-refractivity contribution in [1.82, 2.24) is 4.98 Å². The minimum atomic E-state index is -0.770. The fourth-order valence-corrected chi connectivity index (χ4v) is 6.39. The topological polar surface area (TPSA) is 62.6 Å². The van der Waals surface area contributed by atoms with Crippen molar-refractivity contribution in [2.75, 3.05) is 13.2 Å². The summed E-state index contributed by atoms with van der Waals surface area (Å²) in [6.45, 7) is 12.4. The monoisotopic (exact) mass is 549 g/mol. The zero-order chi connectivity index (χ0) is 23.3. The van der Waals surface area contributed by atoms with Crippen molar-refractivity contribution < 1.29 is 14.9 Å². The van der Waals surface area contributed by atoms with Gasteiger partial charge in [0.25, 0.3) is 0 Å². The molecule has 2 N–H and O–H groups in total. The number of benzene rings is 1. The van der Waals surface area contributed by atoms with Crippen molar-refractivity contribution in [2.45, 2.75) is 83.8 Å². The standard InChI is InChI=1S/C27H36INO3/c1-26(2,3)18-8-6-17(7-9-18)25(31)22-23(28)21-19(14-27(4,5)15-20(21)30)29-24(22)16-10-12-32-13-11-16/h6-9,16,20,25,30-31H,10-15H2,1-5H3/t20?,25-/m0/s1. The Balaban J connectivity index is 1.83. The minimum absolute atomic E-state index is 0.0123. The van der Waals surface area contributed by atoms with E-state index in [9.17, 15) is 10.2 Å². The van der Waals surface area contributed by atoms with Crippen LogP contribution >= 0.6 is 22.6 Å². The Bertz CT molecular complexity index is 972. The number of hydrogen-bond donors (Lipinski definition) is 2. The number of aliphatic hydroxyl groups excluding tert-OH is 2. The second kappa shape index (κ2) is 8.97. The molecule has 1 aromatic heterocycles. The fourth-order valence-electron chi connectivity index (χ4n) is 5.15. The molecule has 0 amide bonds. The summed E-state index contributed by atoms with van der Waals surface area (Å²) < 4.78 is 6.59. The largest absolute Gasteiger partial charge is 0.388 e. The van der Waals surface area contributed by atoms with Crippen molar-refractivity contribution in [3.63, 3.8) is 0 Å². The van der Waals surface area contributed by atoms with Crippen molar-refractivity contribution in [2.24, 2.45) is 5.41 Å². The first-order chi connectivity index (χ1) is 15.0. The molecule has 32 heavy (non-hydrogen) atoms. The van der Waals surface area contributed by atoms with Gasteiger partial charge in [0.15, 0.2) is 0 Å². The van der Waals surface area contributed by atoms with Gasteiger partial charge in [-0.3, -0.25) is 4.98 Å². The summed E-state index contributed by atoms with van der Waals surface area (Å²) in [7, 11) is 0. The molecule has 1 unspecified atom stereocenters. The average molecular weight is 549 g/mol. The third-order valence-electron chi connectivity index (χ3n) is 7.01. The molecule has 1 fully saturated rings. The lowest BCUT2D eigenvalue weighted by Gasteiger charge is -2.37. The number of ether oxygens (including phenoxy) is 1. The smallest absolute Gasteiger partial charge is 0.107 e. The van der Waals surface area contributed by atoms with E-state index in [1.54, 1.807) is 0 Å². The van der Waals surface area contributed by atoms with Gasteiger partial charge in [-0.05, 0) is 70.2 Å². The summed E-state index contributed by atoms with van der Waals surface area (Å²) >= 11 is 2.34. The molecule has 1 aliphatic carbocycles. The number of aromatic nitrogens is 1. The highest BCUT2D eigenvalue weighted by Crippen LogP contribution is 2.46. The van der Waals surface area contributed by atoms with Gasteiger partial charge in [-0.2, -0.15) is 0 Å². The first-order valence-electron chi connectivity index (χ1n) is 11.7. The van der Waals surface area contributed by atoms with Gasteiger partial charge in [0.2, 0.25) is 0 Å². The number of aliphatic hydroxyl groups is 2. The molecule has 2 aliphatic rings. The molecular weight excluding hydrogens is 513 g/mol. The van der Waals surface area contributed by atoms with E-state index in [1.165, 1.54) is 5.56 Å². The second-order valence-electron chi connectivity index (χ2n) is 11.3. The van der Waals surface area contributed by atoms with Gasteiger partial charge in [0.1, 0.15) is 6.10 Å². The lowest BCUT2D eigenvalue weighted by molar-refractivity contribution is 0.0822. The van der Waals surface area contributed by atoms with Crippen LogP contribution in [0, 0.1) is 8.99 Å². The Morgan fingerprint density at radius 3 is 2.34 bits per heavy atom. The lowest BCUT2D eigenvalue weighted by atomic mass is 9.74. The number of pyridine rings is 1. The highest BCUT2D eigenvalue weighted by Gasteiger charge is 2.37. The van der Waals surface area contributed by atoms with Gasteiger partial charge in [0.05, 0.1) is 11.8 Å². The predicted molar refractivity (Wildman–Crippen MR) is 136 cm³/mol. The SMILES string of the molecule is CC1(C)Cc2nc(C3CCOCC3)c([C@@H](O)c3ccc(C(C)(C)C)cc3)c(I)c2C(O)C1. The van der Waals surface area contributed by atoms with E-state index in [1.807, 2.05) is 12.1 Å². The maximum absolute atomic E-state index is 11.6. The summed E-state index contributed by atoms with van der Waals surface area (Å²) in [6, 6.07) is 8.30. The average Bonchev–Trinajstić information content (AvgIpc) is 2.72. The summed E-state index contributed by atoms with van der Waals surface area (Å²) in [4.78, 5) is 5.17. The molecule has 1 saturated heterocycles. The fraction of sp³-hybridized carbons (Fsp3) is 0.593. The zero-order valence-electron chi connectivity index (χ0n) is 19.9. The van der Waals surface area contributed by atoms with Crippen LogP contribution in [0.2, 0.25) is 0 Å². The maximum atomic E-state index is 11.6. The summed E-state index contributed by atoms with van der Waals surface area (Å²) in [5, 5.41) is 22.6. The number of rotatable bonds is 3. The molecule has 1 aliphatic heterocycles. The van der Waals surface area contributed by atoms with Crippen LogP contribution < -0.4 is 0 Å². The summed E-state index contributed by atoms with van der Waals surface area (Å²) in [5.74, 6) is 0.267. The van der Waals surface area contributed by atoms with Crippen LogP contribution in [0.25, 0.3) is 0 Å². The van der Waals surface area contributed by atoms with Gasteiger partial charge in [-0.25, -0.2) is 0 Å². The van der Waals surface area contributed by atoms with Gasteiger partial charge < -0.3 is 14.9 Å². The third-order valence-corrected chi connectivity index (χ3v) is 8.18. The predicted octanol–water partition coefficient (Wildman–Crippen LogP) is 5.97. The normalized spacial score (nSPS) is 22.4. The quantitative estimate of drug-likeness (QED) is 0.464. The number of fused-ring (bicyclic) bond motifs is 1.